The molecule has 31 heavy (non-hydrogen) atoms. The molecular weight excluding hydrogens is 434 g/mol. The number of anilines is 3. The maximum Gasteiger partial charge on any atom is 0.266 e. The number of aromatic nitrogens is 6. The largest absolute Gasteiger partial charge is 0.368 e. The highest BCUT2D eigenvalue weighted by atomic mass is 32.2. The lowest BCUT2D eigenvalue weighted by Crippen LogP contribution is -2.20. The lowest BCUT2D eigenvalue weighted by Gasteiger charge is -2.13. The van der Waals surface area contributed by atoms with Crippen molar-refractivity contribution in [1.29, 1.82) is 0 Å². The fourth-order valence-corrected chi connectivity index (χ4v) is 4.01. The molecule has 4 aromatic rings. The van der Waals surface area contributed by atoms with Gasteiger partial charge >= 0.3 is 0 Å². The molecule has 1 aromatic carbocycles. The van der Waals surface area contributed by atoms with Crippen molar-refractivity contribution in [3.8, 4) is 0 Å². The SMILES string of the molecule is CSc1cnc(NC[C@H](C)CNc2nc3ccc(C(=O)n4cnnc4N)cc3s2)nc1. The van der Waals surface area contributed by atoms with Crippen LogP contribution < -0.4 is 16.4 Å². The molecule has 0 spiro atoms. The van der Waals surface area contributed by atoms with Crippen molar-refractivity contribution in [3.63, 3.8) is 0 Å². The van der Waals surface area contributed by atoms with E-state index in [1.165, 1.54) is 22.2 Å². The number of benzene rings is 1. The maximum absolute atomic E-state index is 12.6. The number of nitrogens with zero attached hydrogens (tertiary/aromatic N) is 6. The molecule has 0 aliphatic carbocycles. The summed E-state index contributed by atoms with van der Waals surface area (Å²) in [6.45, 7) is 3.60. The van der Waals surface area contributed by atoms with Crippen molar-refractivity contribution < 1.29 is 4.79 Å². The summed E-state index contributed by atoms with van der Waals surface area (Å²) in [5.74, 6) is 0.727. The Hall–Kier alpha value is -3.25. The summed E-state index contributed by atoms with van der Waals surface area (Å²) in [5, 5.41) is 14.7. The topological polar surface area (TPSA) is 137 Å². The van der Waals surface area contributed by atoms with E-state index in [4.69, 9.17) is 5.73 Å². The van der Waals surface area contributed by atoms with Crippen molar-refractivity contribution in [1.82, 2.24) is 29.7 Å². The normalized spacial score (nSPS) is 12.1. The molecule has 4 N–H and O–H groups in total. The molecule has 0 radical (unpaired) electrons. The van der Waals surface area contributed by atoms with Crippen LogP contribution in [-0.4, -0.2) is 55.0 Å². The first-order valence-electron chi connectivity index (χ1n) is 9.48. The highest BCUT2D eigenvalue weighted by Crippen LogP contribution is 2.27. The summed E-state index contributed by atoms with van der Waals surface area (Å²) < 4.78 is 2.13. The number of nitrogens with one attached hydrogen (secondary N) is 2. The lowest BCUT2D eigenvalue weighted by atomic mass is 10.2. The maximum atomic E-state index is 12.6. The van der Waals surface area contributed by atoms with Crippen LogP contribution in [0.4, 0.5) is 17.0 Å². The van der Waals surface area contributed by atoms with E-state index in [-0.39, 0.29) is 11.9 Å². The zero-order chi connectivity index (χ0) is 21.8. The van der Waals surface area contributed by atoms with Crippen LogP contribution in [-0.2, 0) is 0 Å². The van der Waals surface area contributed by atoms with Crippen molar-refractivity contribution in [2.75, 3.05) is 35.7 Å². The van der Waals surface area contributed by atoms with Crippen LogP contribution >= 0.6 is 23.1 Å². The Bertz CT molecular complexity index is 1190. The Morgan fingerprint density at radius 3 is 2.74 bits per heavy atom. The molecule has 0 amide bonds. The molecule has 3 heterocycles. The molecule has 0 bridgehead atoms. The van der Waals surface area contributed by atoms with Crippen molar-refractivity contribution >= 4 is 56.3 Å². The van der Waals surface area contributed by atoms with Gasteiger partial charge in [0, 0.05) is 35.9 Å². The van der Waals surface area contributed by atoms with Gasteiger partial charge in [-0.05, 0) is 30.4 Å². The van der Waals surface area contributed by atoms with E-state index < -0.39 is 0 Å². The molecule has 0 aliphatic heterocycles. The average molecular weight is 456 g/mol. The molecular formula is C19H21N9OS2. The average Bonchev–Trinajstić information content (AvgIpc) is 3.41. The van der Waals surface area contributed by atoms with Crippen LogP contribution in [0.15, 0.2) is 41.8 Å². The highest BCUT2D eigenvalue weighted by Gasteiger charge is 2.14. The number of rotatable bonds is 8. The Labute approximate surface area is 186 Å². The van der Waals surface area contributed by atoms with E-state index >= 15 is 0 Å². The van der Waals surface area contributed by atoms with E-state index in [0.717, 1.165) is 33.3 Å². The minimum Gasteiger partial charge on any atom is -0.368 e. The molecule has 4 rings (SSSR count). The number of nitrogens with two attached hydrogens (primary N) is 1. The van der Waals surface area contributed by atoms with Crippen molar-refractivity contribution in [3.05, 3.63) is 42.5 Å². The number of fused-ring (bicyclic) bond motifs is 1. The first kappa shape index (κ1) is 21.0. The van der Waals surface area contributed by atoms with Gasteiger partial charge in [-0.1, -0.05) is 18.3 Å². The molecule has 12 heteroatoms. The number of hydrogen-bond donors (Lipinski definition) is 3. The molecule has 0 saturated carbocycles. The Balaban J connectivity index is 1.35. The second-order valence-electron chi connectivity index (χ2n) is 6.88. The summed E-state index contributed by atoms with van der Waals surface area (Å²) in [4.78, 5) is 26.8. The molecule has 0 saturated heterocycles. The number of carbonyl (C=O) groups is 1. The monoisotopic (exact) mass is 455 g/mol. The van der Waals surface area contributed by atoms with Crippen molar-refractivity contribution in [2.24, 2.45) is 5.92 Å². The summed E-state index contributed by atoms with van der Waals surface area (Å²) in [7, 11) is 0. The van der Waals surface area contributed by atoms with E-state index in [9.17, 15) is 4.79 Å². The molecule has 0 fully saturated rings. The first-order valence-corrected chi connectivity index (χ1v) is 11.5. The van der Waals surface area contributed by atoms with Gasteiger partial charge < -0.3 is 16.4 Å². The molecule has 0 unspecified atom stereocenters. The van der Waals surface area contributed by atoms with Gasteiger partial charge in [0.05, 0.1) is 10.2 Å². The summed E-state index contributed by atoms with van der Waals surface area (Å²) >= 11 is 3.11. The Morgan fingerprint density at radius 1 is 1.26 bits per heavy atom. The van der Waals surface area contributed by atoms with Gasteiger partial charge in [0.1, 0.15) is 6.33 Å². The number of carbonyl (C=O) groups excluding carboxylic acids is 1. The van der Waals surface area contributed by atoms with Gasteiger partial charge in [0.2, 0.25) is 11.9 Å². The molecule has 3 aromatic heterocycles. The van der Waals surface area contributed by atoms with Gasteiger partial charge in [-0.3, -0.25) is 4.79 Å². The molecule has 10 nitrogen and oxygen atoms in total. The zero-order valence-electron chi connectivity index (χ0n) is 16.9. The highest BCUT2D eigenvalue weighted by molar-refractivity contribution is 7.98. The molecule has 160 valence electrons. The van der Waals surface area contributed by atoms with E-state index in [1.807, 2.05) is 12.3 Å². The van der Waals surface area contributed by atoms with Gasteiger partial charge in [0.15, 0.2) is 5.13 Å². The van der Waals surface area contributed by atoms with Crippen LogP contribution in [0.25, 0.3) is 10.2 Å². The Morgan fingerprint density at radius 2 is 2.03 bits per heavy atom. The third kappa shape index (κ3) is 4.91. The third-order valence-corrected chi connectivity index (χ3v) is 6.16. The fourth-order valence-electron chi connectivity index (χ4n) is 2.78. The van der Waals surface area contributed by atoms with Crippen LogP contribution in [0.5, 0.6) is 0 Å². The van der Waals surface area contributed by atoms with Gasteiger partial charge in [0.25, 0.3) is 5.91 Å². The predicted molar refractivity (Wildman–Crippen MR) is 124 cm³/mol. The van der Waals surface area contributed by atoms with Crippen molar-refractivity contribution in [2.45, 2.75) is 11.8 Å². The number of nitrogen functional groups attached to an aromatic ring is 1. The Kier molecular flexibility index (Phi) is 6.28. The van der Waals surface area contributed by atoms with Crippen LogP contribution in [0.3, 0.4) is 0 Å². The van der Waals surface area contributed by atoms with Gasteiger partial charge in [-0.15, -0.1) is 22.0 Å². The predicted octanol–water partition coefficient (Wildman–Crippen LogP) is 2.83. The quantitative estimate of drug-likeness (QED) is 0.340. The molecule has 0 aliphatic rings. The minimum atomic E-state index is -0.278. The van der Waals surface area contributed by atoms with Gasteiger partial charge in [-0.2, -0.15) is 0 Å². The summed E-state index contributed by atoms with van der Waals surface area (Å²) in [6.07, 6.45) is 6.91. The number of thiazole rings is 1. The zero-order valence-corrected chi connectivity index (χ0v) is 18.6. The summed E-state index contributed by atoms with van der Waals surface area (Å²) in [5.41, 5.74) is 7.00. The van der Waals surface area contributed by atoms with E-state index in [1.54, 1.807) is 36.3 Å². The van der Waals surface area contributed by atoms with Crippen LogP contribution in [0, 0.1) is 5.92 Å². The van der Waals surface area contributed by atoms with Crippen LogP contribution in [0.2, 0.25) is 0 Å². The van der Waals surface area contributed by atoms with Gasteiger partial charge in [-0.25, -0.2) is 19.5 Å². The van der Waals surface area contributed by atoms with Crippen LogP contribution in [0.1, 0.15) is 17.3 Å². The smallest absolute Gasteiger partial charge is 0.266 e. The van der Waals surface area contributed by atoms with E-state index in [0.29, 0.717) is 17.4 Å². The molecule has 1 atom stereocenters. The minimum absolute atomic E-state index is 0.0601. The first-order chi connectivity index (χ1) is 15.0. The number of hydrogen-bond acceptors (Lipinski definition) is 11. The lowest BCUT2D eigenvalue weighted by molar-refractivity contribution is 0.0962. The second-order valence-corrected chi connectivity index (χ2v) is 8.79. The standard InChI is InChI=1S/C19H21N9OS2/c1-11(6-21-18-22-8-13(30-2)9-23-18)7-24-19-26-14-4-3-12(5-15(14)31-19)16(29)28-10-25-27-17(28)20/h3-5,8-11H,6-7H2,1-2H3,(H2,20,27)(H,24,26)(H,21,22,23)/t11-/m0/s1. The van der Waals surface area contributed by atoms with E-state index in [2.05, 4.69) is 42.7 Å². The fraction of sp³-hybridized carbons (Fsp3) is 0.263. The summed E-state index contributed by atoms with van der Waals surface area (Å²) in [6, 6.07) is 5.36. The third-order valence-electron chi connectivity index (χ3n) is 4.50. The second kappa shape index (κ2) is 9.27. The number of thioether (sulfide) groups is 1.